The lowest BCUT2D eigenvalue weighted by atomic mass is 9.97. The predicted octanol–water partition coefficient (Wildman–Crippen LogP) is 2.73. The SMILES string of the molecule is COc1cc(OC(=O)C2C=C(O)C(O)=C(O)C2)ccc1OC(=O)c1cc(O)c(O)c(O)c1. The molecule has 1 aliphatic rings. The van der Waals surface area contributed by atoms with Crippen molar-refractivity contribution in [1.82, 2.24) is 0 Å². The fourth-order valence-corrected chi connectivity index (χ4v) is 2.80. The number of hydrogen-bond acceptors (Lipinski definition) is 11. The molecular weight excluding hydrogens is 428 g/mol. The average molecular weight is 446 g/mol. The summed E-state index contributed by atoms with van der Waals surface area (Å²) >= 11 is 0. The number of ether oxygens (including phenoxy) is 3. The number of carbonyl (C=O) groups is 2. The largest absolute Gasteiger partial charge is 0.508 e. The van der Waals surface area contributed by atoms with E-state index in [4.69, 9.17) is 14.2 Å². The van der Waals surface area contributed by atoms with Crippen molar-refractivity contribution >= 4 is 11.9 Å². The van der Waals surface area contributed by atoms with Crippen LogP contribution in [0.4, 0.5) is 0 Å². The number of aromatic hydroxyl groups is 3. The third-order valence-corrected chi connectivity index (χ3v) is 4.45. The Morgan fingerprint density at radius 2 is 1.56 bits per heavy atom. The van der Waals surface area contributed by atoms with Crippen LogP contribution in [0.5, 0.6) is 34.5 Å². The highest BCUT2D eigenvalue weighted by Gasteiger charge is 2.28. The van der Waals surface area contributed by atoms with Gasteiger partial charge in [-0.15, -0.1) is 0 Å². The molecule has 6 N–H and O–H groups in total. The third kappa shape index (κ3) is 4.46. The first-order valence-electron chi connectivity index (χ1n) is 8.99. The maximum Gasteiger partial charge on any atom is 0.343 e. The van der Waals surface area contributed by atoms with Crippen LogP contribution in [-0.4, -0.2) is 49.7 Å². The standard InChI is InChI=1S/C21H18O11/c1-30-17-8-11(31-20(28)9-4-12(22)18(26)13(23)5-9)2-3-16(17)32-21(29)10-6-14(24)19(27)15(25)7-10/h2-4,6-9,22-27H,5H2,1H3. The molecule has 1 unspecified atom stereocenters. The number of hydrogen-bond donors (Lipinski definition) is 6. The molecule has 168 valence electrons. The number of benzene rings is 2. The van der Waals surface area contributed by atoms with Crippen molar-refractivity contribution < 1.29 is 54.4 Å². The van der Waals surface area contributed by atoms with Crippen molar-refractivity contribution in [3.05, 3.63) is 59.2 Å². The van der Waals surface area contributed by atoms with E-state index in [0.29, 0.717) is 0 Å². The van der Waals surface area contributed by atoms with Gasteiger partial charge in [-0.25, -0.2) is 4.79 Å². The number of aliphatic hydroxyl groups excluding tert-OH is 3. The Morgan fingerprint density at radius 3 is 2.16 bits per heavy atom. The van der Waals surface area contributed by atoms with Crippen molar-refractivity contribution in [2.24, 2.45) is 5.92 Å². The van der Waals surface area contributed by atoms with Gasteiger partial charge in [0, 0.05) is 12.5 Å². The monoisotopic (exact) mass is 446 g/mol. The molecular formula is C21H18O11. The number of rotatable bonds is 5. The Bertz CT molecular complexity index is 1120. The zero-order valence-electron chi connectivity index (χ0n) is 16.5. The number of allylic oxidation sites excluding steroid dienone is 1. The summed E-state index contributed by atoms with van der Waals surface area (Å²) in [5, 5.41) is 57.0. The number of carbonyl (C=O) groups excluding carboxylic acids is 2. The summed E-state index contributed by atoms with van der Waals surface area (Å²) in [6, 6.07) is 5.58. The molecule has 32 heavy (non-hydrogen) atoms. The Balaban J connectivity index is 1.75. The summed E-state index contributed by atoms with van der Waals surface area (Å²) in [7, 11) is 1.27. The maximum absolute atomic E-state index is 12.3. The van der Waals surface area contributed by atoms with Gasteiger partial charge in [-0.1, -0.05) is 0 Å². The van der Waals surface area contributed by atoms with Gasteiger partial charge in [0.15, 0.2) is 40.3 Å². The molecule has 0 bridgehead atoms. The Kier molecular flexibility index (Phi) is 6.01. The van der Waals surface area contributed by atoms with Gasteiger partial charge in [-0.3, -0.25) is 4.79 Å². The average Bonchev–Trinajstić information content (AvgIpc) is 2.75. The summed E-state index contributed by atoms with van der Waals surface area (Å²) in [5.41, 5.74) is -0.254. The lowest BCUT2D eigenvalue weighted by molar-refractivity contribution is -0.137. The van der Waals surface area contributed by atoms with Crippen LogP contribution in [0.25, 0.3) is 0 Å². The van der Waals surface area contributed by atoms with E-state index >= 15 is 0 Å². The topological polar surface area (TPSA) is 183 Å². The van der Waals surface area contributed by atoms with E-state index in [0.717, 1.165) is 18.2 Å². The summed E-state index contributed by atoms with van der Waals surface area (Å²) in [4.78, 5) is 24.6. The number of methoxy groups -OCH3 is 1. The van der Waals surface area contributed by atoms with E-state index in [1.54, 1.807) is 0 Å². The normalized spacial score (nSPS) is 15.7. The number of aliphatic hydroxyl groups is 3. The molecule has 3 rings (SSSR count). The maximum atomic E-state index is 12.3. The van der Waals surface area contributed by atoms with Gasteiger partial charge in [0.25, 0.3) is 0 Å². The fraction of sp³-hybridized carbons (Fsp3) is 0.143. The zero-order valence-corrected chi connectivity index (χ0v) is 16.5. The summed E-state index contributed by atoms with van der Waals surface area (Å²) in [6.07, 6.45) is 0.765. The van der Waals surface area contributed by atoms with Crippen LogP contribution >= 0.6 is 0 Å². The van der Waals surface area contributed by atoms with E-state index < -0.39 is 52.4 Å². The number of esters is 2. The van der Waals surface area contributed by atoms with Gasteiger partial charge in [-0.05, 0) is 30.3 Å². The van der Waals surface area contributed by atoms with Crippen LogP contribution in [0.3, 0.4) is 0 Å². The first kappa shape index (κ1) is 22.2. The van der Waals surface area contributed by atoms with Crippen LogP contribution < -0.4 is 14.2 Å². The second-order valence-electron chi connectivity index (χ2n) is 6.64. The Morgan fingerprint density at radius 1 is 0.906 bits per heavy atom. The Hall–Kier alpha value is -4.54. The Labute approximate surface area is 180 Å². The van der Waals surface area contributed by atoms with Gasteiger partial charge in [0.2, 0.25) is 0 Å². The van der Waals surface area contributed by atoms with E-state index in [2.05, 4.69) is 0 Å². The van der Waals surface area contributed by atoms with Gasteiger partial charge in [-0.2, -0.15) is 0 Å². The van der Waals surface area contributed by atoms with Gasteiger partial charge < -0.3 is 44.8 Å². The highest BCUT2D eigenvalue weighted by atomic mass is 16.6. The van der Waals surface area contributed by atoms with Gasteiger partial charge >= 0.3 is 11.9 Å². The van der Waals surface area contributed by atoms with Gasteiger partial charge in [0.1, 0.15) is 11.5 Å². The van der Waals surface area contributed by atoms with Crippen LogP contribution in [0.2, 0.25) is 0 Å². The number of phenols is 3. The lowest BCUT2D eigenvalue weighted by Gasteiger charge is -2.18. The minimum Gasteiger partial charge on any atom is -0.508 e. The molecule has 1 atom stereocenters. The minimum absolute atomic E-state index is 0.00158. The third-order valence-electron chi connectivity index (χ3n) is 4.45. The van der Waals surface area contributed by atoms with E-state index in [-0.39, 0.29) is 29.2 Å². The highest BCUT2D eigenvalue weighted by molar-refractivity contribution is 5.93. The van der Waals surface area contributed by atoms with E-state index in [1.165, 1.54) is 25.3 Å². The number of phenolic OH excluding ortho intramolecular Hbond substituents is 3. The second-order valence-corrected chi connectivity index (χ2v) is 6.64. The molecule has 0 aromatic heterocycles. The van der Waals surface area contributed by atoms with Crippen molar-refractivity contribution in [2.75, 3.05) is 7.11 Å². The van der Waals surface area contributed by atoms with Crippen molar-refractivity contribution in [1.29, 1.82) is 0 Å². The molecule has 0 saturated heterocycles. The summed E-state index contributed by atoms with van der Waals surface area (Å²) in [5.74, 6) is -7.10. The second kappa shape index (κ2) is 8.68. The smallest absolute Gasteiger partial charge is 0.343 e. The molecule has 2 aromatic carbocycles. The van der Waals surface area contributed by atoms with Crippen molar-refractivity contribution in [3.8, 4) is 34.5 Å². The van der Waals surface area contributed by atoms with Crippen LogP contribution in [0.15, 0.2) is 53.7 Å². The predicted molar refractivity (Wildman–Crippen MR) is 106 cm³/mol. The van der Waals surface area contributed by atoms with Crippen LogP contribution in [0.1, 0.15) is 16.8 Å². The first-order chi connectivity index (χ1) is 15.1. The van der Waals surface area contributed by atoms with Gasteiger partial charge in [0.05, 0.1) is 18.6 Å². The molecule has 0 spiro atoms. The highest BCUT2D eigenvalue weighted by Crippen LogP contribution is 2.37. The van der Waals surface area contributed by atoms with Crippen LogP contribution in [-0.2, 0) is 4.79 Å². The van der Waals surface area contributed by atoms with Crippen LogP contribution in [0, 0.1) is 5.92 Å². The molecule has 0 amide bonds. The lowest BCUT2D eigenvalue weighted by Crippen LogP contribution is -2.23. The molecule has 0 saturated carbocycles. The fourth-order valence-electron chi connectivity index (χ4n) is 2.80. The molecule has 0 heterocycles. The summed E-state index contributed by atoms with van der Waals surface area (Å²) in [6.45, 7) is 0. The van der Waals surface area contributed by atoms with E-state index in [9.17, 15) is 40.2 Å². The minimum atomic E-state index is -1.05. The molecule has 2 aromatic rings. The first-order valence-corrected chi connectivity index (χ1v) is 8.99. The molecule has 0 aliphatic heterocycles. The molecule has 0 fully saturated rings. The van der Waals surface area contributed by atoms with E-state index in [1.807, 2.05) is 0 Å². The zero-order chi connectivity index (χ0) is 23.6. The molecule has 11 heteroatoms. The van der Waals surface area contributed by atoms with Crippen molar-refractivity contribution in [2.45, 2.75) is 6.42 Å². The molecule has 1 aliphatic carbocycles. The summed E-state index contributed by atoms with van der Waals surface area (Å²) < 4.78 is 15.5. The quantitative estimate of drug-likeness (QED) is 0.225. The van der Waals surface area contributed by atoms with Crippen molar-refractivity contribution in [3.63, 3.8) is 0 Å². The molecule has 0 radical (unpaired) electrons. The molecule has 11 nitrogen and oxygen atoms in total.